The molecule has 0 amide bonds. The van der Waals surface area contributed by atoms with Crippen molar-refractivity contribution in [1.29, 1.82) is 0 Å². The molecule has 0 spiro atoms. The Bertz CT molecular complexity index is 476. The molecular formula is C14H19N3O. The van der Waals surface area contributed by atoms with Crippen molar-refractivity contribution < 1.29 is 4.74 Å². The number of nitrogens with one attached hydrogen (secondary N) is 1. The molecule has 1 aromatic heterocycles. The van der Waals surface area contributed by atoms with Gasteiger partial charge in [-0.3, -0.25) is 0 Å². The minimum absolute atomic E-state index is 0.644. The van der Waals surface area contributed by atoms with Crippen molar-refractivity contribution in [3.63, 3.8) is 0 Å². The molecule has 0 atom stereocenters. The number of aromatic amines is 1. The van der Waals surface area contributed by atoms with E-state index in [1.54, 1.807) is 0 Å². The summed E-state index contributed by atoms with van der Waals surface area (Å²) in [4.78, 5) is 7.63. The van der Waals surface area contributed by atoms with Crippen LogP contribution in [0.5, 0.6) is 5.75 Å². The molecule has 0 radical (unpaired) electrons. The average Bonchev–Trinajstić information content (AvgIpc) is 2.80. The van der Waals surface area contributed by atoms with Gasteiger partial charge < -0.3 is 15.5 Å². The van der Waals surface area contributed by atoms with E-state index in [1.807, 2.05) is 25.3 Å². The van der Waals surface area contributed by atoms with Gasteiger partial charge in [-0.1, -0.05) is 12.1 Å². The number of nitrogens with two attached hydrogens (primary N) is 1. The summed E-state index contributed by atoms with van der Waals surface area (Å²) >= 11 is 0. The van der Waals surface area contributed by atoms with Gasteiger partial charge in [0, 0.05) is 24.7 Å². The van der Waals surface area contributed by atoms with Crippen LogP contribution in [0.1, 0.15) is 24.0 Å². The maximum atomic E-state index is 5.51. The van der Waals surface area contributed by atoms with Gasteiger partial charge in [0.2, 0.25) is 0 Å². The van der Waals surface area contributed by atoms with Crippen molar-refractivity contribution in [3.8, 4) is 5.75 Å². The van der Waals surface area contributed by atoms with Crippen molar-refractivity contribution in [3.05, 3.63) is 47.5 Å². The van der Waals surface area contributed by atoms with Gasteiger partial charge in [0.1, 0.15) is 11.6 Å². The lowest BCUT2D eigenvalue weighted by Gasteiger charge is -2.03. The van der Waals surface area contributed by atoms with Gasteiger partial charge in [0.05, 0.1) is 6.61 Å². The summed E-state index contributed by atoms with van der Waals surface area (Å²) in [7, 11) is 0. The summed E-state index contributed by atoms with van der Waals surface area (Å²) in [5.41, 5.74) is 7.82. The van der Waals surface area contributed by atoms with E-state index < -0.39 is 0 Å². The molecule has 4 nitrogen and oxygen atoms in total. The smallest absolute Gasteiger partial charge is 0.119 e. The third kappa shape index (κ3) is 3.34. The fourth-order valence-corrected chi connectivity index (χ4v) is 1.84. The van der Waals surface area contributed by atoms with Crippen LogP contribution in [-0.4, -0.2) is 23.1 Å². The molecule has 0 bridgehead atoms. The third-order valence-electron chi connectivity index (χ3n) is 2.70. The van der Waals surface area contributed by atoms with E-state index in [0.717, 1.165) is 30.1 Å². The van der Waals surface area contributed by atoms with Crippen molar-refractivity contribution in [2.45, 2.75) is 19.8 Å². The highest BCUT2D eigenvalue weighted by atomic mass is 16.5. The predicted octanol–water partition coefficient (Wildman–Crippen LogP) is 1.90. The van der Waals surface area contributed by atoms with Gasteiger partial charge in [0.25, 0.3) is 0 Å². The summed E-state index contributed by atoms with van der Waals surface area (Å²) in [6, 6.07) is 8.11. The molecule has 4 heteroatoms. The van der Waals surface area contributed by atoms with E-state index in [-0.39, 0.29) is 0 Å². The summed E-state index contributed by atoms with van der Waals surface area (Å²) in [5.74, 6) is 1.88. The van der Waals surface area contributed by atoms with E-state index >= 15 is 0 Å². The number of hydrogen-bond acceptors (Lipinski definition) is 3. The minimum Gasteiger partial charge on any atom is -0.494 e. The minimum atomic E-state index is 0.644. The van der Waals surface area contributed by atoms with Gasteiger partial charge in [-0.15, -0.1) is 0 Å². The van der Waals surface area contributed by atoms with Crippen LogP contribution < -0.4 is 10.5 Å². The number of aromatic nitrogens is 2. The van der Waals surface area contributed by atoms with Gasteiger partial charge in [-0.25, -0.2) is 4.98 Å². The normalized spacial score (nSPS) is 10.6. The maximum absolute atomic E-state index is 5.51. The SMILES string of the molecule is CCOc1ccc(Cc2ncc(CCN)[nH]2)cc1. The van der Waals surface area contributed by atoms with Crippen LogP contribution in [0.2, 0.25) is 0 Å². The number of ether oxygens (including phenoxy) is 1. The highest BCUT2D eigenvalue weighted by Crippen LogP contribution is 2.14. The van der Waals surface area contributed by atoms with Gasteiger partial charge in [0.15, 0.2) is 0 Å². The van der Waals surface area contributed by atoms with Gasteiger partial charge in [-0.2, -0.15) is 0 Å². The molecular weight excluding hydrogens is 226 g/mol. The fourth-order valence-electron chi connectivity index (χ4n) is 1.84. The van der Waals surface area contributed by atoms with Crippen molar-refractivity contribution in [1.82, 2.24) is 9.97 Å². The Morgan fingerprint density at radius 1 is 1.28 bits per heavy atom. The van der Waals surface area contributed by atoms with Crippen molar-refractivity contribution >= 4 is 0 Å². The Labute approximate surface area is 107 Å². The predicted molar refractivity (Wildman–Crippen MR) is 71.8 cm³/mol. The molecule has 1 aromatic carbocycles. The quantitative estimate of drug-likeness (QED) is 0.817. The molecule has 0 aliphatic heterocycles. The second-order valence-corrected chi connectivity index (χ2v) is 4.15. The van der Waals surface area contributed by atoms with Crippen LogP contribution >= 0.6 is 0 Å². The Morgan fingerprint density at radius 3 is 2.72 bits per heavy atom. The average molecular weight is 245 g/mol. The first-order valence-corrected chi connectivity index (χ1v) is 6.26. The zero-order valence-electron chi connectivity index (χ0n) is 10.6. The molecule has 0 unspecified atom stereocenters. The van der Waals surface area contributed by atoms with Crippen molar-refractivity contribution in [2.24, 2.45) is 5.73 Å². The maximum Gasteiger partial charge on any atom is 0.119 e. The first-order chi connectivity index (χ1) is 8.81. The number of H-pyrrole nitrogens is 1. The first kappa shape index (κ1) is 12.6. The molecule has 3 N–H and O–H groups in total. The van der Waals surface area contributed by atoms with E-state index in [4.69, 9.17) is 10.5 Å². The van der Waals surface area contributed by atoms with Crippen LogP contribution in [0, 0.1) is 0 Å². The molecule has 1 heterocycles. The molecule has 0 fully saturated rings. The van der Waals surface area contributed by atoms with Crippen LogP contribution in [-0.2, 0) is 12.8 Å². The lowest BCUT2D eigenvalue weighted by atomic mass is 10.1. The highest BCUT2D eigenvalue weighted by molar-refractivity contribution is 5.29. The highest BCUT2D eigenvalue weighted by Gasteiger charge is 2.02. The third-order valence-corrected chi connectivity index (χ3v) is 2.70. The number of hydrogen-bond donors (Lipinski definition) is 2. The molecule has 96 valence electrons. The van der Waals surface area contributed by atoms with E-state index in [1.165, 1.54) is 5.56 Å². The molecule has 2 rings (SSSR count). The topological polar surface area (TPSA) is 63.9 Å². The Balaban J connectivity index is 1.99. The zero-order valence-corrected chi connectivity index (χ0v) is 10.6. The van der Waals surface area contributed by atoms with E-state index in [2.05, 4.69) is 22.1 Å². The molecule has 18 heavy (non-hydrogen) atoms. The van der Waals surface area contributed by atoms with Crippen molar-refractivity contribution in [2.75, 3.05) is 13.2 Å². The lowest BCUT2D eigenvalue weighted by Crippen LogP contribution is -2.02. The van der Waals surface area contributed by atoms with E-state index in [9.17, 15) is 0 Å². The molecule has 2 aromatic rings. The summed E-state index contributed by atoms with van der Waals surface area (Å²) < 4.78 is 5.41. The fraction of sp³-hybridized carbons (Fsp3) is 0.357. The van der Waals surface area contributed by atoms with Crippen LogP contribution in [0.4, 0.5) is 0 Å². The van der Waals surface area contributed by atoms with Crippen LogP contribution in [0.25, 0.3) is 0 Å². The largest absolute Gasteiger partial charge is 0.494 e. The Hall–Kier alpha value is -1.81. The second-order valence-electron chi connectivity index (χ2n) is 4.15. The number of imidazole rings is 1. The molecule has 0 saturated heterocycles. The number of benzene rings is 1. The van der Waals surface area contributed by atoms with Gasteiger partial charge >= 0.3 is 0 Å². The first-order valence-electron chi connectivity index (χ1n) is 6.26. The van der Waals surface area contributed by atoms with E-state index in [0.29, 0.717) is 13.2 Å². The molecule has 0 aliphatic rings. The number of rotatable bonds is 6. The Morgan fingerprint density at radius 2 is 2.06 bits per heavy atom. The monoisotopic (exact) mass is 245 g/mol. The summed E-state index contributed by atoms with van der Waals surface area (Å²) in [5, 5.41) is 0. The zero-order chi connectivity index (χ0) is 12.8. The molecule has 0 aliphatic carbocycles. The van der Waals surface area contributed by atoms with Crippen LogP contribution in [0.15, 0.2) is 30.5 Å². The van der Waals surface area contributed by atoms with Gasteiger partial charge in [-0.05, 0) is 31.2 Å². The lowest BCUT2D eigenvalue weighted by molar-refractivity contribution is 0.340. The van der Waals surface area contributed by atoms with Crippen LogP contribution in [0.3, 0.4) is 0 Å². The summed E-state index contributed by atoms with van der Waals surface area (Å²) in [6.07, 6.45) is 3.50. The number of nitrogens with zero attached hydrogens (tertiary/aromatic N) is 1. The summed E-state index contributed by atoms with van der Waals surface area (Å²) in [6.45, 7) is 3.32. The Kier molecular flexibility index (Phi) is 4.36. The second kappa shape index (κ2) is 6.21. The molecule has 0 saturated carbocycles. The standard InChI is InChI=1S/C14H19N3O/c1-2-18-13-5-3-11(4-6-13)9-14-16-10-12(17-14)7-8-15/h3-6,10H,2,7-9,15H2,1H3,(H,16,17).